The summed E-state index contributed by atoms with van der Waals surface area (Å²) in [6.45, 7) is 9.08. The summed E-state index contributed by atoms with van der Waals surface area (Å²) in [5, 5.41) is 1.38. The molecule has 1 aliphatic rings. The van der Waals surface area contributed by atoms with Crippen LogP contribution < -0.4 is 5.19 Å². The topological polar surface area (TPSA) is 9.23 Å². The van der Waals surface area contributed by atoms with Crippen molar-refractivity contribution in [1.82, 2.24) is 0 Å². The highest BCUT2D eigenvalue weighted by atomic mass is 28.4. The molecule has 1 aliphatic carbocycles. The number of hydrogen-bond donors (Lipinski definition) is 0. The highest BCUT2D eigenvalue weighted by molar-refractivity contribution is 6.84. The summed E-state index contributed by atoms with van der Waals surface area (Å²) in [5.74, 6) is 1.08. The molecular weight excluding hydrogens is 224 g/mol. The molecular formula is C15H22OSi. The van der Waals surface area contributed by atoms with Crippen molar-refractivity contribution in [2.45, 2.75) is 33.0 Å². The van der Waals surface area contributed by atoms with E-state index in [1.165, 1.54) is 5.19 Å². The Hall–Kier alpha value is -0.863. The molecule has 92 valence electrons. The van der Waals surface area contributed by atoms with Gasteiger partial charge in [0, 0.05) is 0 Å². The van der Waals surface area contributed by atoms with Crippen LogP contribution >= 0.6 is 0 Å². The smallest absolute Gasteiger partial charge is 0.218 e. The summed E-state index contributed by atoms with van der Waals surface area (Å²) in [4.78, 5) is 0. The van der Waals surface area contributed by atoms with Gasteiger partial charge in [-0.25, -0.2) is 0 Å². The second-order valence-corrected chi connectivity index (χ2v) is 9.40. The van der Waals surface area contributed by atoms with Gasteiger partial charge in [0.1, 0.15) is 0 Å². The van der Waals surface area contributed by atoms with E-state index in [2.05, 4.69) is 69.4 Å². The van der Waals surface area contributed by atoms with Gasteiger partial charge in [-0.1, -0.05) is 56.3 Å². The predicted molar refractivity (Wildman–Crippen MR) is 75.9 cm³/mol. The maximum atomic E-state index is 6.49. The number of rotatable bonds is 3. The van der Waals surface area contributed by atoms with Crippen molar-refractivity contribution in [2.24, 2.45) is 11.8 Å². The molecule has 0 spiro atoms. The van der Waals surface area contributed by atoms with Crippen LogP contribution in [0.5, 0.6) is 0 Å². The molecule has 1 nitrogen and oxygen atoms in total. The SMILES string of the molecule is C[C@H]1C=C[C@H](C)C1O[Si](C)(C)c1ccccc1. The zero-order chi connectivity index (χ0) is 12.5. The summed E-state index contributed by atoms with van der Waals surface area (Å²) in [6.07, 6.45) is 4.92. The summed E-state index contributed by atoms with van der Waals surface area (Å²) in [5.41, 5.74) is 0. The highest BCUT2D eigenvalue weighted by Gasteiger charge is 2.34. The minimum atomic E-state index is -1.77. The molecule has 0 N–H and O–H groups in total. The highest BCUT2D eigenvalue weighted by Crippen LogP contribution is 2.28. The average Bonchev–Trinajstić information content (AvgIpc) is 2.62. The zero-order valence-corrected chi connectivity index (χ0v) is 12.2. The molecule has 0 heterocycles. The van der Waals surface area contributed by atoms with E-state index in [0.717, 1.165) is 0 Å². The van der Waals surface area contributed by atoms with Gasteiger partial charge in [0.05, 0.1) is 6.10 Å². The lowest BCUT2D eigenvalue weighted by molar-refractivity contribution is 0.136. The summed E-state index contributed by atoms with van der Waals surface area (Å²) < 4.78 is 6.49. The minimum absolute atomic E-state index is 0.358. The standard InChI is InChI=1S/C15H22OSi/c1-12-10-11-13(2)15(12)16-17(3,4)14-8-6-5-7-9-14/h5-13,15H,1-4H3/t12-,13-/m0/s1. The fraction of sp³-hybridized carbons (Fsp3) is 0.467. The molecule has 1 aromatic carbocycles. The Morgan fingerprint density at radius 2 is 1.47 bits per heavy atom. The lowest BCUT2D eigenvalue weighted by Gasteiger charge is -2.32. The summed E-state index contributed by atoms with van der Waals surface area (Å²) in [7, 11) is -1.77. The number of benzene rings is 1. The molecule has 0 bridgehead atoms. The van der Waals surface area contributed by atoms with E-state index in [0.29, 0.717) is 17.9 Å². The molecule has 0 aromatic heterocycles. The van der Waals surface area contributed by atoms with Crippen LogP contribution in [0.4, 0.5) is 0 Å². The predicted octanol–water partition coefficient (Wildman–Crippen LogP) is 3.33. The van der Waals surface area contributed by atoms with Gasteiger partial charge in [-0.2, -0.15) is 0 Å². The van der Waals surface area contributed by atoms with Crippen molar-refractivity contribution < 1.29 is 4.43 Å². The molecule has 0 amide bonds. The van der Waals surface area contributed by atoms with Crippen LogP contribution in [0.1, 0.15) is 13.8 Å². The molecule has 1 aromatic rings. The average molecular weight is 246 g/mol. The van der Waals surface area contributed by atoms with E-state index < -0.39 is 8.32 Å². The maximum absolute atomic E-state index is 6.49. The van der Waals surface area contributed by atoms with Crippen LogP contribution in [0.25, 0.3) is 0 Å². The van der Waals surface area contributed by atoms with Crippen LogP contribution in [0.15, 0.2) is 42.5 Å². The molecule has 2 atom stereocenters. The van der Waals surface area contributed by atoms with E-state index in [1.807, 2.05) is 0 Å². The monoisotopic (exact) mass is 246 g/mol. The Morgan fingerprint density at radius 3 is 2.00 bits per heavy atom. The van der Waals surface area contributed by atoms with Crippen molar-refractivity contribution in [3.8, 4) is 0 Å². The van der Waals surface area contributed by atoms with Crippen LogP contribution in [0, 0.1) is 11.8 Å². The third kappa shape index (κ3) is 2.69. The number of hydrogen-bond acceptors (Lipinski definition) is 1. The van der Waals surface area contributed by atoms with Crippen molar-refractivity contribution in [3.63, 3.8) is 0 Å². The molecule has 0 fully saturated rings. The lowest BCUT2D eigenvalue weighted by Crippen LogP contribution is -2.49. The molecule has 0 unspecified atom stereocenters. The van der Waals surface area contributed by atoms with E-state index in [-0.39, 0.29) is 0 Å². The minimum Gasteiger partial charge on any atom is -0.409 e. The Kier molecular flexibility index (Phi) is 3.55. The maximum Gasteiger partial charge on any atom is 0.218 e. The molecule has 2 heteroatoms. The second-order valence-electron chi connectivity index (χ2n) is 5.56. The largest absolute Gasteiger partial charge is 0.409 e. The fourth-order valence-corrected chi connectivity index (χ4v) is 4.75. The molecule has 2 rings (SSSR count). The first-order valence-corrected chi connectivity index (χ1v) is 9.33. The normalized spacial score (nSPS) is 25.4. The summed E-state index contributed by atoms with van der Waals surface area (Å²) >= 11 is 0. The van der Waals surface area contributed by atoms with E-state index in [9.17, 15) is 0 Å². The first-order chi connectivity index (χ1) is 8.00. The molecule has 0 saturated heterocycles. The van der Waals surface area contributed by atoms with Crippen LogP contribution in [0.2, 0.25) is 13.1 Å². The molecule has 0 radical (unpaired) electrons. The zero-order valence-electron chi connectivity index (χ0n) is 11.2. The first-order valence-electron chi connectivity index (χ1n) is 6.42. The van der Waals surface area contributed by atoms with Gasteiger partial charge >= 0.3 is 0 Å². The van der Waals surface area contributed by atoms with Gasteiger partial charge in [0.25, 0.3) is 0 Å². The second kappa shape index (κ2) is 4.79. The molecule has 17 heavy (non-hydrogen) atoms. The van der Waals surface area contributed by atoms with Crippen molar-refractivity contribution >= 4 is 13.5 Å². The Labute approximate surface area is 106 Å². The molecule has 0 saturated carbocycles. The quantitative estimate of drug-likeness (QED) is 0.587. The van der Waals surface area contributed by atoms with E-state index in [4.69, 9.17) is 4.43 Å². The first kappa shape index (κ1) is 12.6. The third-order valence-electron chi connectivity index (χ3n) is 3.65. The Balaban J connectivity index is 2.13. The van der Waals surface area contributed by atoms with E-state index in [1.54, 1.807) is 0 Å². The third-order valence-corrected chi connectivity index (χ3v) is 6.24. The lowest BCUT2D eigenvalue weighted by atomic mass is 10.0. The Bertz CT molecular complexity index is 385. The van der Waals surface area contributed by atoms with Crippen LogP contribution in [0.3, 0.4) is 0 Å². The van der Waals surface area contributed by atoms with Gasteiger partial charge in [-0.05, 0) is 30.1 Å². The van der Waals surface area contributed by atoms with Gasteiger partial charge in [-0.3, -0.25) is 0 Å². The molecule has 0 aliphatic heterocycles. The van der Waals surface area contributed by atoms with Crippen LogP contribution in [-0.4, -0.2) is 14.4 Å². The Morgan fingerprint density at radius 1 is 0.941 bits per heavy atom. The summed E-state index contributed by atoms with van der Waals surface area (Å²) in [6, 6.07) is 10.7. The van der Waals surface area contributed by atoms with Crippen molar-refractivity contribution in [1.29, 1.82) is 0 Å². The van der Waals surface area contributed by atoms with Crippen molar-refractivity contribution in [2.75, 3.05) is 0 Å². The van der Waals surface area contributed by atoms with Gasteiger partial charge in [0.15, 0.2) is 0 Å². The van der Waals surface area contributed by atoms with Gasteiger partial charge in [-0.15, -0.1) is 0 Å². The van der Waals surface area contributed by atoms with Crippen molar-refractivity contribution in [3.05, 3.63) is 42.5 Å². The van der Waals surface area contributed by atoms with Gasteiger partial charge in [0.2, 0.25) is 8.32 Å². The van der Waals surface area contributed by atoms with Crippen LogP contribution in [-0.2, 0) is 4.43 Å². The van der Waals surface area contributed by atoms with E-state index >= 15 is 0 Å². The van der Waals surface area contributed by atoms with Gasteiger partial charge < -0.3 is 4.43 Å². The fourth-order valence-electron chi connectivity index (χ4n) is 2.51.